The number of ether oxygens (including phenoxy) is 2. The van der Waals surface area contributed by atoms with E-state index < -0.39 is 5.91 Å². The number of halogens is 1. The number of hydrogen-bond donors (Lipinski definition) is 1. The molecule has 1 N–H and O–H groups in total. The van der Waals surface area contributed by atoms with Crippen molar-refractivity contribution in [2.45, 2.75) is 26.8 Å². The van der Waals surface area contributed by atoms with E-state index in [4.69, 9.17) is 9.47 Å². The van der Waals surface area contributed by atoms with E-state index in [1.165, 1.54) is 6.08 Å². The highest BCUT2D eigenvalue weighted by Gasteiger charge is 2.16. The highest BCUT2D eigenvalue weighted by atomic mass is 79.9. The van der Waals surface area contributed by atoms with Gasteiger partial charge in [-0.15, -0.1) is 0 Å². The average Bonchev–Trinajstić information content (AvgIpc) is 2.69. The maximum absolute atomic E-state index is 12.6. The normalized spacial score (nSPS) is 12.0. The number of nitrogens with zero attached hydrogens (tertiary/aromatic N) is 1. The van der Waals surface area contributed by atoms with Crippen LogP contribution in [0, 0.1) is 11.3 Å². The van der Waals surface area contributed by atoms with Crippen LogP contribution in [0.4, 0.5) is 0 Å². The van der Waals surface area contributed by atoms with E-state index in [-0.39, 0.29) is 11.6 Å². The summed E-state index contributed by atoms with van der Waals surface area (Å²) in [4.78, 5) is 12.6. The number of hydrogen-bond acceptors (Lipinski definition) is 4. The van der Waals surface area contributed by atoms with Crippen molar-refractivity contribution in [3.63, 3.8) is 0 Å². The van der Waals surface area contributed by atoms with Crippen molar-refractivity contribution < 1.29 is 14.3 Å². The topological polar surface area (TPSA) is 71.3 Å². The fourth-order valence-electron chi connectivity index (χ4n) is 2.60. The first-order valence-electron chi connectivity index (χ1n) is 9.06. The van der Waals surface area contributed by atoms with Gasteiger partial charge in [0.1, 0.15) is 11.6 Å². The average molecular weight is 443 g/mol. The van der Waals surface area contributed by atoms with Gasteiger partial charge in [-0.25, -0.2) is 0 Å². The molecule has 28 heavy (non-hydrogen) atoms. The van der Waals surface area contributed by atoms with Crippen molar-refractivity contribution in [2.24, 2.45) is 0 Å². The summed E-state index contributed by atoms with van der Waals surface area (Å²) in [5.41, 5.74) is 1.63. The molecule has 0 aliphatic carbocycles. The molecule has 6 heteroatoms. The van der Waals surface area contributed by atoms with E-state index in [1.54, 1.807) is 12.1 Å². The highest BCUT2D eigenvalue weighted by molar-refractivity contribution is 9.10. The molecular formula is C22H23BrN2O3. The number of carbonyl (C=O) groups is 1. The molecule has 0 bridgehead atoms. The SMILES string of the molecule is CCOc1cc(Br)c(/C=C(/C#N)C(=O)N[C@@H](C)c2ccccc2)cc1OCC. The van der Waals surface area contributed by atoms with Gasteiger partial charge in [0.25, 0.3) is 5.91 Å². The highest BCUT2D eigenvalue weighted by Crippen LogP contribution is 2.35. The largest absolute Gasteiger partial charge is 0.490 e. The molecule has 1 amide bonds. The second kappa shape index (κ2) is 10.5. The lowest BCUT2D eigenvalue weighted by Crippen LogP contribution is -2.27. The standard InChI is InChI=1S/C22H23BrN2O3/c1-4-27-20-12-17(19(23)13-21(20)28-5-2)11-18(14-24)22(26)25-15(3)16-9-7-6-8-10-16/h6-13,15H,4-5H2,1-3H3,(H,25,26)/b18-11-/t15-/m0/s1. The molecule has 0 saturated heterocycles. The lowest BCUT2D eigenvalue weighted by molar-refractivity contribution is -0.117. The first kappa shape index (κ1) is 21.5. The van der Waals surface area contributed by atoms with Crippen LogP contribution in [0.25, 0.3) is 6.08 Å². The number of amides is 1. The van der Waals surface area contributed by atoms with Crippen molar-refractivity contribution in [3.8, 4) is 17.6 Å². The van der Waals surface area contributed by atoms with Gasteiger partial charge in [0.05, 0.1) is 19.3 Å². The molecule has 2 aromatic carbocycles. The van der Waals surface area contributed by atoms with Crippen LogP contribution in [0.1, 0.15) is 37.9 Å². The monoisotopic (exact) mass is 442 g/mol. The molecule has 0 spiro atoms. The van der Waals surface area contributed by atoms with E-state index in [9.17, 15) is 10.1 Å². The third kappa shape index (κ3) is 5.61. The summed E-state index contributed by atoms with van der Waals surface area (Å²) < 4.78 is 11.9. The van der Waals surface area contributed by atoms with Gasteiger partial charge in [0.15, 0.2) is 11.5 Å². The summed E-state index contributed by atoms with van der Waals surface area (Å²) in [6, 6.07) is 14.9. The molecule has 1 atom stereocenters. The van der Waals surface area contributed by atoms with E-state index >= 15 is 0 Å². The Hall–Kier alpha value is -2.78. The molecule has 0 heterocycles. The number of rotatable bonds is 8. The molecule has 2 rings (SSSR count). The van der Waals surface area contributed by atoms with Gasteiger partial charge in [0, 0.05) is 4.47 Å². The fraction of sp³-hybridized carbons (Fsp3) is 0.273. The first-order valence-corrected chi connectivity index (χ1v) is 9.86. The molecule has 5 nitrogen and oxygen atoms in total. The van der Waals surface area contributed by atoms with Crippen molar-refractivity contribution in [2.75, 3.05) is 13.2 Å². The van der Waals surface area contributed by atoms with Crippen molar-refractivity contribution in [1.82, 2.24) is 5.32 Å². The van der Waals surface area contributed by atoms with Crippen LogP contribution in [0.5, 0.6) is 11.5 Å². The van der Waals surface area contributed by atoms with Gasteiger partial charge in [-0.05, 0) is 50.1 Å². The minimum absolute atomic E-state index is 0.00934. The van der Waals surface area contributed by atoms with Crippen molar-refractivity contribution in [3.05, 3.63) is 63.6 Å². The first-order chi connectivity index (χ1) is 13.5. The molecule has 2 aromatic rings. The van der Waals surface area contributed by atoms with Crippen LogP contribution in [0.2, 0.25) is 0 Å². The zero-order valence-electron chi connectivity index (χ0n) is 16.2. The Morgan fingerprint density at radius 1 is 1.18 bits per heavy atom. The number of carbonyl (C=O) groups excluding carboxylic acids is 1. The maximum atomic E-state index is 12.6. The van der Waals surface area contributed by atoms with Gasteiger partial charge in [-0.1, -0.05) is 46.3 Å². The Morgan fingerprint density at radius 2 is 1.79 bits per heavy atom. The van der Waals surface area contributed by atoms with Gasteiger partial charge >= 0.3 is 0 Å². The van der Waals surface area contributed by atoms with Crippen LogP contribution in [0.15, 0.2) is 52.5 Å². The van der Waals surface area contributed by atoms with Crippen LogP contribution in [0.3, 0.4) is 0 Å². The quantitative estimate of drug-likeness (QED) is 0.459. The molecule has 146 valence electrons. The van der Waals surface area contributed by atoms with Gasteiger partial charge < -0.3 is 14.8 Å². The van der Waals surface area contributed by atoms with Crippen LogP contribution < -0.4 is 14.8 Å². The molecule has 0 unspecified atom stereocenters. The smallest absolute Gasteiger partial charge is 0.262 e. The number of nitriles is 1. The minimum Gasteiger partial charge on any atom is -0.490 e. The van der Waals surface area contributed by atoms with Crippen LogP contribution in [-0.4, -0.2) is 19.1 Å². The number of nitrogens with one attached hydrogen (secondary N) is 1. The van der Waals surface area contributed by atoms with E-state index in [2.05, 4.69) is 21.2 Å². The van der Waals surface area contributed by atoms with Crippen molar-refractivity contribution in [1.29, 1.82) is 5.26 Å². The van der Waals surface area contributed by atoms with E-state index in [0.29, 0.717) is 34.7 Å². The predicted molar refractivity (Wildman–Crippen MR) is 113 cm³/mol. The third-order valence-electron chi connectivity index (χ3n) is 3.97. The fourth-order valence-corrected chi connectivity index (χ4v) is 3.04. The molecule has 0 radical (unpaired) electrons. The maximum Gasteiger partial charge on any atom is 0.262 e. The summed E-state index contributed by atoms with van der Waals surface area (Å²) in [5.74, 6) is 0.737. The minimum atomic E-state index is -0.433. The predicted octanol–water partition coefficient (Wildman–Crippen LogP) is 5.03. The molecular weight excluding hydrogens is 420 g/mol. The summed E-state index contributed by atoms with van der Waals surface area (Å²) in [6.45, 7) is 6.63. The summed E-state index contributed by atoms with van der Waals surface area (Å²) in [6.07, 6.45) is 1.54. The zero-order chi connectivity index (χ0) is 20.5. The van der Waals surface area contributed by atoms with Gasteiger partial charge in [-0.2, -0.15) is 5.26 Å². The molecule has 0 aromatic heterocycles. The molecule has 0 aliphatic heterocycles. The lowest BCUT2D eigenvalue weighted by Gasteiger charge is -2.15. The van der Waals surface area contributed by atoms with E-state index in [1.807, 2.05) is 57.2 Å². The van der Waals surface area contributed by atoms with Crippen LogP contribution in [-0.2, 0) is 4.79 Å². The zero-order valence-corrected chi connectivity index (χ0v) is 17.7. The summed E-state index contributed by atoms with van der Waals surface area (Å²) in [7, 11) is 0. The molecule has 0 saturated carbocycles. The Balaban J connectivity index is 2.29. The van der Waals surface area contributed by atoms with Gasteiger partial charge in [0.2, 0.25) is 0 Å². The third-order valence-corrected chi connectivity index (χ3v) is 4.66. The summed E-state index contributed by atoms with van der Waals surface area (Å²) in [5, 5.41) is 12.4. The van der Waals surface area contributed by atoms with Gasteiger partial charge in [-0.3, -0.25) is 4.79 Å². The van der Waals surface area contributed by atoms with E-state index in [0.717, 1.165) is 5.56 Å². The number of benzene rings is 2. The summed E-state index contributed by atoms with van der Waals surface area (Å²) >= 11 is 3.48. The lowest BCUT2D eigenvalue weighted by atomic mass is 10.1. The Labute approximate surface area is 174 Å². The van der Waals surface area contributed by atoms with Crippen LogP contribution >= 0.6 is 15.9 Å². The Bertz CT molecular complexity index is 889. The molecule has 0 fully saturated rings. The second-order valence-corrected chi connectivity index (χ2v) is 6.82. The Morgan fingerprint density at radius 3 is 2.36 bits per heavy atom. The Kier molecular flexibility index (Phi) is 8.09. The van der Waals surface area contributed by atoms with Crippen molar-refractivity contribution >= 4 is 27.9 Å². The second-order valence-electron chi connectivity index (χ2n) is 5.96. The molecule has 0 aliphatic rings.